The van der Waals surface area contributed by atoms with Gasteiger partial charge in [-0.15, -0.1) is 11.3 Å². The maximum Gasteiger partial charge on any atom is 0.292 e. The smallest absolute Gasteiger partial charge is 0.292 e. The van der Waals surface area contributed by atoms with Crippen LogP contribution in [0.2, 0.25) is 0 Å². The lowest BCUT2D eigenvalue weighted by molar-refractivity contribution is 0.0665. The molecule has 0 N–H and O–H groups in total. The van der Waals surface area contributed by atoms with E-state index in [1.54, 1.807) is 17.4 Å². The number of carbonyl (C=O) groups excluding carboxylic acids is 1. The van der Waals surface area contributed by atoms with Gasteiger partial charge in [-0.1, -0.05) is 12.1 Å². The Kier molecular flexibility index (Phi) is 3.82. The Hall–Kier alpha value is -1.69. The molecule has 20 heavy (non-hydrogen) atoms. The molecule has 0 bridgehead atoms. The van der Waals surface area contributed by atoms with Crippen molar-refractivity contribution in [3.63, 3.8) is 0 Å². The SMILES string of the molecule is CCc1cc(C(=O)N2CCCC(c3nccs3)C2)on1. The number of aromatic nitrogens is 2. The van der Waals surface area contributed by atoms with Gasteiger partial charge in [0.05, 0.1) is 10.7 Å². The lowest BCUT2D eigenvalue weighted by Crippen LogP contribution is -2.38. The fraction of sp³-hybridized carbons (Fsp3) is 0.500. The number of thiazole rings is 1. The van der Waals surface area contributed by atoms with Crippen LogP contribution in [0.25, 0.3) is 0 Å². The van der Waals surface area contributed by atoms with E-state index in [9.17, 15) is 4.79 Å². The summed E-state index contributed by atoms with van der Waals surface area (Å²) in [6.45, 7) is 3.49. The molecule has 0 aliphatic carbocycles. The molecule has 0 spiro atoms. The molecule has 106 valence electrons. The first kappa shape index (κ1) is 13.3. The number of hydrogen-bond donors (Lipinski definition) is 0. The van der Waals surface area contributed by atoms with Crippen molar-refractivity contribution in [2.45, 2.75) is 32.1 Å². The van der Waals surface area contributed by atoms with E-state index in [1.807, 2.05) is 23.4 Å². The molecule has 3 rings (SSSR count). The summed E-state index contributed by atoms with van der Waals surface area (Å²) in [5.41, 5.74) is 0.821. The van der Waals surface area contributed by atoms with Crippen molar-refractivity contribution < 1.29 is 9.32 Å². The van der Waals surface area contributed by atoms with Gasteiger partial charge in [0.25, 0.3) is 5.91 Å². The Morgan fingerprint density at radius 1 is 1.60 bits per heavy atom. The molecule has 2 aromatic rings. The van der Waals surface area contributed by atoms with Crippen LogP contribution in [0.3, 0.4) is 0 Å². The molecular weight excluding hydrogens is 274 g/mol. The predicted octanol–water partition coefficient (Wildman–Crippen LogP) is 2.71. The van der Waals surface area contributed by atoms with Gasteiger partial charge in [-0.05, 0) is 19.3 Å². The topological polar surface area (TPSA) is 59.2 Å². The predicted molar refractivity (Wildman–Crippen MR) is 75.9 cm³/mol. The van der Waals surface area contributed by atoms with Gasteiger partial charge in [-0.2, -0.15) is 0 Å². The Labute approximate surface area is 121 Å². The van der Waals surface area contributed by atoms with E-state index in [-0.39, 0.29) is 5.91 Å². The normalized spacial score (nSPS) is 19.2. The Balaban J connectivity index is 1.71. The molecule has 0 radical (unpaired) electrons. The van der Waals surface area contributed by atoms with E-state index < -0.39 is 0 Å². The highest BCUT2D eigenvalue weighted by atomic mass is 32.1. The minimum atomic E-state index is -0.0570. The molecule has 6 heteroatoms. The van der Waals surface area contributed by atoms with E-state index in [0.717, 1.165) is 36.5 Å². The summed E-state index contributed by atoms with van der Waals surface area (Å²) >= 11 is 1.66. The molecule has 1 aliphatic rings. The van der Waals surface area contributed by atoms with E-state index in [4.69, 9.17) is 4.52 Å². The van der Waals surface area contributed by atoms with Crippen LogP contribution in [-0.2, 0) is 6.42 Å². The zero-order valence-corrected chi connectivity index (χ0v) is 12.2. The summed E-state index contributed by atoms with van der Waals surface area (Å²) in [5, 5.41) is 6.99. The molecule has 0 saturated carbocycles. The van der Waals surface area contributed by atoms with Gasteiger partial charge in [0.15, 0.2) is 0 Å². The molecule has 1 unspecified atom stereocenters. The second kappa shape index (κ2) is 5.75. The highest BCUT2D eigenvalue weighted by molar-refractivity contribution is 7.09. The number of carbonyl (C=O) groups is 1. The summed E-state index contributed by atoms with van der Waals surface area (Å²) in [5.74, 6) is 0.640. The molecule has 5 nitrogen and oxygen atoms in total. The lowest BCUT2D eigenvalue weighted by Gasteiger charge is -2.31. The first-order valence-corrected chi connectivity index (χ1v) is 7.80. The highest BCUT2D eigenvalue weighted by Crippen LogP contribution is 2.28. The number of rotatable bonds is 3. The van der Waals surface area contributed by atoms with Gasteiger partial charge >= 0.3 is 0 Å². The standard InChI is InChI=1S/C14H17N3O2S/c1-2-11-8-12(19-16-11)14(18)17-6-3-4-10(9-17)13-15-5-7-20-13/h5,7-8,10H,2-4,6,9H2,1H3. The number of aryl methyl sites for hydroxylation is 1. The van der Waals surface area contributed by atoms with Crippen molar-refractivity contribution in [2.24, 2.45) is 0 Å². The van der Waals surface area contributed by atoms with Gasteiger partial charge in [-0.25, -0.2) is 4.98 Å². The first-order chi connectivity index (χ1) is 9.78. The van der Waals surface area contributed by atoms with Gasteiger partial charge in [0.1, 0.15) is 0 Å². The van der Waals surface area contributed by atoms with Crippen molar-refractivity contribution in [3.05, 3.63) is 34.1 Å². The van der Waals surface area contributed by atoms with Crippen molar-refractivity contribution in [2.75, 3.05) is 13.1 Å². The number of hydrogen-bond acceptors (Lipinski definition) is 5. The molecule has 2 aromatic heterocycles. The minimum absolute atomic E-state index is 0.0570. The molecule has 0 aromatic carbocycles. The monoisotopic (exact) mass is 291 g/mol. The minimum Gasteiger partial charge on any atom is -0.351 e. The molecule has 1 aliphatic heterocycles. The van der Waals surface area contributed by atoms with Crippen LogP contribution < -0.4 is 0 Å². The Bertz CT molecular complexity index is 579. The van der Waals surface area contributed by atoms with Crippen LogP contribution in [0.1, 0.15) is 46.9 Å². The van der Waals surface area contributed by atoms with Gasteiger partial charge in [0, 0.05) is 36.7 Å². The Morgan fingerprint density at radius 3 is 3.20 bits per heavy atom. The molecule has 1 saturated heterocycles. The van der Waals surface area contributed by atoms with Crippen LogP contribution in [-0.4, -0.2) is 34.0 Å². The molecular formula is C14H17N3O2S. The second-order valence-electron chi connectivity index (χ2n) is 5.00. The van der Waals surface area contributed by atoms with Crippen molar-refractivity contribution in [3.8, 4) is 0 Å². The number of likely N-dealkylation sites (tertiary alicyclic amines) is 1. The third-order valence-electron chi connectivity index (χ3n) is 3.64. The second-order valence-corrected chi connectivity index (χ2v) is 5.92. The molecule has 1 atom stereocenters. The third-order valence-corrected chi connectivity index (χ3v) is 4.58. The summed E-state index contributed by atoms with van der Waals surface area (Å²) in [4.78, 5) is 18.6. The van der Waals surface area contributed by atoms with E-state index in [0.29, 0.717) is 18.2 Å². The number of amides is 1. The summed E-state index contributed by atoms with van der Waals surface area (Å²) in [7, 11) is 0. The van der Waals surface area contributed by atoms with Crippen LogP contribution in [0.5, 0.6) is 0 Å². The molecule has 1 amide bonds. The summed E-state index contributed by atoms with van der Waals surface area (Å²) in [6.07, 6.45) is 4.70. The number of piperidine rings is 1. The molecule has 1 fully saturated rings. The Morgan fingerprint density at radius 2 is 2.50 bits per heavy atom. The van der Waals surface area contributed by atoms with E-state index in [2.05, 4.69) is 10.1 Å². The van der Waals surface area contributed by atoms with E-state index in [1.165, 1.54) is 0 Å². The van der Waals surface area contributed by atoms with Crippen molar-refractivity contribution in [1.29, 1.82) is 0 Å². The largest absolute Gasteiger partial charge is 0.351 e. The fourth-order valence-electron chi connectivity index (χ4n) is 2.53. The van der Waals surface area contributed by atoms with Crippen LogP contribution in [0.15, 0.2) is 22.2 Å². The van der Waals surface area contributed by atoms with Crippen molar-refractivity contribution >= 4 is 17.2 Å². The fourth-order valence-corrected chi connectivity index (χ4v) is 3.30. The summed E-state index contributed by atoms with van der Waals surface area (Å²) in [6, 6.07) is 1.75. The maximum atomic E-state index is 12.4. The number of nitrogens with zero attached hydrogens (tertiary/aromatic N) is 3. The van der Waals surface area contributed by atoms with Gasteiger partial charge in [-0.3, -0.25) is 4.79 Å². The van der Waals surface area contributed by atoms with E-state index >= 15 is 0 Å². The third kappa shape index (κ3) is 2.60. The zero-order chi connectivity index (χ0) is 13.9. The zero-order valence-electron chi connectivity index (χ0n) is 11.4. The highest BCUT2D eigenvalue weighted by Gasteiger charge is 2.28. The average molecular weight is 291 g/mol. The van der Waals surface area contributed by atoms with Crippen LogP contribution >= 0.6 is 11.3 Å². The average Bonchev–Trinajstić information content (AvgIpc) is 3.17. The molecule has 3 heterocycles. The quantitative estimate of drug-likeness (QED) is 0.872. The lowest BCUT2D eigenvalue weighted by atomic mass is 9.98. The van der Waals surface area contributed by atoms with Gasteiger partial charge in [0.2, 0.25) is 5.76 Å². The summed E-state index contributed by atoms with van der Waals surface area (Å²) < 4.78 is 5.14. The van der Waals surface area contributed by atoms with Crippen LogP contribution in [0, 0.1) is 0 Å². The van der Waals surface area contributed by atoms with Gasteiger partial charge < -0.3 is 9.42 Å². The maximum absolute atomic E-state index is 12.4. The van der Waals surface area contributed by atoms with Crippen molar-refractivity contribution in [1.82, 2.24) is 15.0 Å². The first-order valence-electron chi connectivity index (χ1n) is 6.92. The van der Waals surface area contributed by atoms with Crippen LogP contribution in [0.4, 0.5) is 0 Å².